The van der Waals surface area contributed by atoms with Crippen LogP contribution in [0.4, 0.5) is 0 Å². The number of Topliss-reactive ketones (excluding diaryl/α,β-unsaturated/α-hetero) is 1. The predicted octanol–water partition coefficient (Wildman–Crippen LogP) is 3.90. The summed E-state index contributed by atoms with van der Waals surface area (Å²) in [5.74, 6) is 0.781. The summed E-state index contributed by atoms with van der Waals surface area (Å²) in [5, 5.41) is 9.69. The first-order valence-corrected chi connectivity index (χ1v) is 9.15. The predicted molar refractivity (Wildman–Crippen MR) is 104 cm³/mol. The molecule has 0 bridgehead atoms. The zero-order chi connectivity index (χ0) is 19.7. The molecule has 0 fully saturated rings. The van der Waals surface area contributed by atoms with Gasteiger partial charge in [-0.1, -0.05) is 42.5 Å². The third-order valence-electron chi connectivity index (χ3n) is 5.36. The molecule has 2 aromatic rings. The van der Waals surface area contributed by atoms with Gasteiger partial charge in [0.2, 0.25) is 5.88 Å². The highest BCUT2D eigenvalue weighted by Crippen LogP contribution is 2.47. The maximum absolute atomic E-state index is 13.2. The Labute approximate surface area is 163 Å². The Bertz CT molecular complexity index is 1030. The van der Waals surface area contributed by atoms with E-state index in [9.17, 15) is 10.1 Å². The van der Waals surface area contributed by atoms with Crippen LogP contribution in [0.2, 0.25) is 0 Å². The number of hydrogen-bond donors (Lipinski definition) is 1. The highest BCUT2D eigenvalue weighted by atomic mass is 16.5. The van der Waals surface area contributed by atoms with E-state index < -0.39 is 5.92 Å². The molecule has 28 heavy (non-hydrogen) atoms. The van der Waals surface area contributed by atoms with Gasteiger partial charge >= 0.3 is 0 Å². The zero-order valence-corrected chi connectivity index (χ0v) is 15.5. The molecule has 0 amide bonds. The second-order valence-electron chi connectivity index (χ2n) is 6.98. The lowest BCUT2D eigenvalue weighted by molar-refractivity contribution is -0.117. The molecular formula is C23H20N2O3. The van der Waals surface area contributed by atoms with Crippen molar-refractivity contribution >= 4 is 5.78 Å². The second-order valence-corrected chi connectivity index (χ2v) is 6.98. The van der Waals surface area contributed by atoms with Crippen LogP contribution in [-0.4, -0.2) is 12.9 Å². The van der Waals surface area contributed by atoms with E-state index in [1.807, 2.05) is 54.6 Å². The number of nitrogens with two attached hydrogens (primary N) is 1. The molecule has 2 N–H and O–H groups in total. The van der Waals surface area contributed by atoms with Crippen molar-refractivity contribution in [2.24, 2.45) is 5.73 Å². The van der Waals surface area contributed by atoms with Gasteiger partial charge in [0.15, 0.2) is 5.78 Å². The van der Waals surface area contributed by atoms with Crippen LogP contribution < -0.4 is 10.5 Å². The average molecular weight is 372 g/mol. The third kappa shape index (κ3) is 3.03. The molecule has 1 aliphatic carbocycles. The highest BCUT2D eigenvalue weighted by Gasteiger charge is 2.40. The molecule has 2 aliphatic rings. The van der Waals surface area contributed by atoms with Crippen LogP contribution >= 0.6 is 0 Å². The topological polar surface area (TPSA) is 85.3 Å². The Morgan fingerprint density at radius 1 is 1.11 bits per heavy atom. The summed E-state index contributed by atoms with van der Waals surface area (Å²) < 4.78 is 11.1. The van der Waals surface area contributed by atoms with Crippen LogP contribution in [0.25, 0.3) is 0 Å². The van der Waals surface area contributed by atoms with Gasteiger partial charge in [0, 0.05) is 18.4 Å². The Morgan fingerprint density at radius 3 is 2.57 bits per heavy atom. The number of nitriles is 1. The largest absolute Gasteiger partial charge is 0.497 e. The van der Waals surface area contributed by atoms with Crippen molar-refractivity contribution in [2.45, 2.75) is 24.7 Å². The van der Waals surface area contributed by atoms with Gasteiger partial charge in [0.1, 0.15) is 23.2 Å². The highest BCUT2D eigenvalue weighted by molar-refractivity contribution is 6.00. The number of carbonyl (C=O) groups excluding carboxylic acids is 1. The summed E-state index contributed by atoms with van der Waals surface area (Å²) >= 11 is 0. The van der Waals surface area contributed by atoms with E-state index in [-0.39, 0.29) is 23.2 Å². The van der Waals surface area contributed by atoms with E-state index in [0.717, 1.165) is 11.1 Å². The van der Waals surface area contributed by atoms with Crippen LogP contribution in [0.3, 0.4) is 0 Å². The summed E-state index contributed by atoms with van der Waals surface area (Å²) in [6.45, 7) is 0. The minimum Gasteiger partial charge on any atom is -0.497 e. The number of benzene rings is 2. The first-order chi connectivity index (χ1) is 13.6. The molecule has 0 saturated heterocycles. The minimum absolute atomic E-state index is 0.0110. The fourth-order valence-corrected chi connectivity index (χ4v) is 4.02. The fraction of sp³-hybridized carbons (Fsp3) is 0.217. The number of ether oxygens (including phenoxy) is 2. The molecule has 1 aliphatic heterocycles. The average Bonchev–Trinajstić information content (AvgIpc) is 2.73. The number of ketones is 1. The summed E-state index contributed by atoms with van der Waals surface area (Å²) in [7, 11) is 1.58. The zero-order valence-electron chi connectivity index (χ0n) is 15.5. The molecule has 2 atom stereocenters. The van der Waals surface area contributed by atoms with Crippen molar-refractivity contribution in [2.75, 3.05) is 7.11 Å². The lowest BCUT2D eigenvalue weighted by Gasteiger charge is -2.34. The third-order valence-corrected chi connectivity index (χ3v) is 5.36. The van der Waals surface area contributed by atoms with E-state index >= 15 is 0 Å². The van der Waals surface area contributed by atoms with Crippen molar-refractivity contribution in [1.82, 2.24) is 0 Å². The SMILES string of the molecule is COc1cccc([C@@H]2C(C#N)=C(N)OC3=C2C(=O)C[C@H](c2ccccc2)C3)c1. The van der Waals surface area contributed by atoms with E-state index in [0.29, 0.717) is 29.9 Å². The van der Waals surface area contributed by atoms with E-state index in [4.69, 9.17) is 15.2 Å². The Morgan fingerprint density at radius 2 is 1.86 bits per heavy atom. The molecular weight excluding hydrogens is 352 g/mol. The number of carbonyl (C=O) groups is 1. The number of hydrogen-bond acceptors (Lipinski definition) is 5. The Kier molecular flexibility index (Phi) is 4.62. The van der Waals surface area contributed by atoms with Gasteiger partial charge in [-0.3, -0.25) is 4.79 Å². The van der Waals surface area contributed by atoms with E-state index in [1.165, 1.54) is 0 Å². The number of nitrogens with zero attached hydrogens (tertiary/aromatic N) is 1. The van der Waals surface area contributed by atoms with Gasteiger partial charge < -0.3 is 15.2 Å². The van der Waals surface area contributed by atoms with Crippen LogP contribution in [0.5, 0.6) is 5.75 Å². The standard InChI is InChI=1S/C23H20N2O3/c1-27-17-9-5-8-15(10-17)21-18(13-24)23(25)28-20-12-16(11-19(26)22(20)21)14-6-3-2-4-7-14/h2-10,16,21H,11-12,25H2,1H3/t16-,21+/m0/s1. The van der Waals surface area contributed by atoms with Crippen LogP contribution in [0, 0.1) is 11.3 Å². The molecule has 0 aromatic heterocycles. The van der Waals surface area contributed by atoms with Crippen LogP contribution in [0.1, 0.15) is 35.8 Å². The minimum atomic E-state index is -0.534. The van der Waals surface area contributed by atoms with Gasteiger partial charge in [-0.05, 0) is 29.2 Å². The quantitative estimate of drug-likeness (QED) is 0.883. The molecule has 0 radical (unpaired) electrons. The molecule has 140 valence electrons. The van der Waals surface area contributed by atoms with Crippen molar-refractivity contribution < 1.29 is 14.3 Å². The maximum Gasteiger partial charge on any atom is 0.205 e. The summed E-state index contributed by atoms with van der Waals surface area (Å²) in [6, 6.07) is 19.4. The fourth-order valence-electron chi connectivity index (χ4n) is 4.02. The first-order valence-electron chi connectivity index (χ1n) is 9.15. The molecule has 5 heteroatoms. The molecule has 5 nitrogen and oxygen atoms in total. The molecule has 2 aromatic carbocycles. The Balaban J connectivity index is 1.80. The van der Waals surface area contributed by atoms with Gasteiger partial charge in [0.25, 0.3) is 0 Å². The van der Waals surface area contributed by atoms with Crippen LogP contribution in [-0.2, 0) is 9.53 Å². The number of rotatable bonds is 3. The normalized spacial score (nSPS) is 21.6. The molecule has 0 unspecified atom stereocenters. The molecule has 1 heterocycles. The molecule has 0 saturated carbocycles. The van der Waals surface area contributed by atoms with Gasteiger partial charge in [0.05, 0.1) is 13.0 Å². The second kappa shape index (κ2) is 7.24. The summed E-state index contributed by atoms with van der Waals surface area (Å²) in [4.78, 5) is 13.2. The van der Waals surface area contributed by atoms with Crippen molar-refractivity contribution in [3.8, 4) is 11.8 Å². The van der Waals surface area contributed by atoms with Crippen molar-refractivity contribution in [1.29, 1.82) is 5.26 Å². The number of allylic oxidation sites excluding steroid dienone is 3. The first kappa shape index (κ1) is 17.9. The molecule has 4 rings (SSSR count). The summed E-state index contributed by atoms with van der Waals surface area (Å²) in [5.41, 5.74) is 8.77. The van der Waals surface area contributed by atoms with Crippen molar-refractivity contribution in [3.05, 3.63) is 88.5 Å². The lowest BCUT2D eigenvalue weighted by Crippen LogP contribution is -2.29. The van der Waals surface area contributed by atoms with Gasteiger partial charge in [-0.2, -0.15) is 5.26 Å². The summed E-state index contributed by atoms with van der Waals surface area (Å²) in [6.07, 6.45) is 0.955. The number of methoxy groups -OCH3 is 1. The van der Waals surface area contributed by atoms with Crippen molar-refractivity contribution in [3.63, 3.8) is 0 Å². The van der Waals surface area contributed by atoms with E-state index in [1.54, 1.807) is 7.11 Å². The van der Waals surface area contributed by atoms with Gasteiger partial charge in [-0.15, -0.1) is 0 Å². The Hall–Kier alpha value is -3.52. The van der Waals surface area contributed by atoms with Gasteiger partial charge in [-0.25, -0.2) is 0 Å². The van der Waals surface area contributed by atoms with E-state index in [2.05, 4.69) is 6.07 Å². The molecule has 0 spiro atoms. The lowest BCUT2D eigenvalue weighted by atomic mass is 9.73. The smallest absolute Gasteiger partial charge is 0.205 e. The monoisotopic (exact) mass is 372 g/mol. The maximum atomic E-state index is 13.2. The van der Waals surface area contributed by atoms with Crippen LogP contribution in [0.15, 0.2) is 77.4 Å².